The van der Waals surface area contributed by atoms with E-state index < -0.39 is 0 Å². The first-order valence-electron chi connectivity index (χ1n) is 7.65. The summed E-state index contributed by atoms with van der Waals surface area (Å²) in [5, 5.41) is 0. The Morgan fingerprint density at radius 2 is 1.55 bits per heavy atom. The number of nitrogens with two attached hydrogens (primary N) is 1. The van der Waals surface area contributed by atoms with Crippen LogP contribution in [0.5, 0.6) is 0 Å². The van der Waals surface area contributed by atoms with Gasteiger partial charge < -0.3 is 5.73 Å². The molecule has 3 heteroatoms. The van der Waals surface area contributed by atoms with Crippen LogP contribution >= 0.6 is 0 Å². The molecule has 0 unspecified atom stereocenters. The molecular weight excluding hydrogens is 246 g/mol. The zero-order valence-corrected chi connectivity index (χ0v) is 13.4. The van der Waals surface area contributed by atoms with Crippen LogP contribution in [0.25, 0.3) is 0 Å². The van der Waals surface area contributed by atoms with Crippen LogP contribution in [0.1, 0.15) is 30.5 Å². The fourth-order valence-corrected chi connectivity index (χ4v) is 3.06. The van der Waals surface area contributed by atoms with Gasteiger partial charge in [0, 0.05) is 44.8 Å². The van der Waals surface area contributed by atoms with Gasteiger partial charge in [0.15, 0.2) is 0 Å². The Morgan fingerprint density at radius 3 is 2.05 bits per heavy atom. The van der Waals surface area contributed by atoms with E-state index in [4.69, 9.17) is 5.73 Å². The predicted molar refractivity (Wildman–Crippen MR) is 85.9 cm³/mol. The van der Waals surface area contributed by atoms with Crippen LogP contribution in [0.2, 0.25) is 0 Å². The van der Waals surface area contributed by atoms with E-state index in [9.17, 15) is 0 Å². The van der Waals surface area contributed by atoms with Gasteiger partial charge in [-0.25, -0.2) is 0 Å². The van der Waals surface area contributed by atoms with Gasteiger partial charge in [0.05, 0.1) is 0 Å². The van der Waals surface area contributed by atoms with Crippen molar-refractivity contribution in [3.63, 3.8) is 0 Å². The molecule has 0 spiro atoms. The van der Waals surface area contributed by atoms with Crippen molar-refractivity contribution in [1.29, 1.82) is 0 Å². The van der Waals surface area contributed by atoms with Gasteiger partial charge in [-0.15, -0.1) is 0 Å². The summed E-state index contributed by atoms with van der Waals surface area (Å²) in [6.45, 7) is 15.1. The second kappa shape index (κ2) is 6.25. The molecule has 1 aliphatic rings. The van der Waals surface area contributed by atoms with Crippen LogP contribution < -0.4 is 5.73 Å². The molecule has 1 heterocycles. The van der Waals surface area contributed by atoms with Crippen LogP contribution in [-0.4, -0.2) is 48.1 Å². The summed E-state index contributed by atoms with van der Waals surface area (Å²) in [4.78, 5) is 5.07. The summed E-state index contributed by atoms with van der Waals surface area (Å²) in [5.41, 5.74) is 10.2. The SMILES string of the molecule is Cc1cc(C)cc(CN2CCN(C(C)(C)CN)CC2)c1. The lowest BCUT2D eigenvalue weighted by atomic mass is 10.0. The molecule has 0 atom stereocenters. The monoisotopic (exact) mass is 275 g/mol. The minimum atomic E-state index is 0.131. The zero-order chi connectivity index (χ0) is 14.8. The maximum atomic E-state index is 5.87. The van der Waals surface area contributed by atoms with Gasteiger partial charge in [-0.3, -0.25) is 9.80 Å². The molecule has 0 aliphatic carbocycles. The fraction of sp³-hybridized carbons (Fsp3) is 0.647. The normalized spacial score (nSPS) is 18.4. The summed E-state index contributed by atoms with van der Waals surface area (Å²) < 4.78 is 0. The Labute approximate surface area is 123 Å². The van der Waals surface area contributed by atoms with E-state index in [0.29, 0.717) is 0 Å². The highest BCUT2D eigenvalue weighted by atomic mass is 15.3. The highest BCUT2D eigenvalue weighted by Crippen LogP contribution is 2.17. The molecule has 0 saturated carbocycles. The van der Waals surface area contributed by atoms with Gasteiger partial charge in [-0.2, -0.15) is 0 Å². The molecule has 1 aliphatic heterocycles. The van der Waals surface area contributed by atoms with E-state index in [1.54, 1.807) is 0 Å². The van der Waals surface area contributed by atoms with Crippen molar-refractivity contribution in [2.24, 2.45) is 5.73 Å². The molecule has 1 saturated heterocycles. The molecule has 112 valence electrons. The zero-order valence-electron chi connectivity index (χ0n) is 13.4. The lowest BCUT2D eigenvalue weighted by Crippen LogP contribution is -2.57. The smallest absolute Gasteiger partial charge is 0.0276 e. The summed E-state index contributed by atoms with van der Waals surface area (Å²) in [6.07, 6.45) is 0. The van der Waals surface area contributed by atoms with Gasteiger partial charge in [0.1, 0.15) is 0 Å². The fourth-order valence-electron chi connectivity index (χ4n) is 3.06. The molecule has 3 nitrogen and oxygen atoms in total. The Kier molecular flexibility index (Phi) is 4.84. The van der Waals surface area contributed by atoms with Crippen LogP contribution in [-0.2, 0) is 6.54 Å². The van der Waals surface area contributed by atoms with E-state index in [1.165, 1.54) is 16.7 Å². The summed E-state index contributed by atoms with van der Waals surface area (Å²) in [6, 6.07) is 6.86. The second-order valence-electron chi connectivity index (χ2n) is 6.78. The third-order valence-electron chi connectivity index (χ3n) is 4.42. The first-order chi connectivity index (χ1) is 9.40. The van der Waals surface area contributed by atoms with E-state index >= 15 is 0 Å². The van der Waals surface area contributed by atoms with Crippen LogP contribution in [0.4, 0.5) is 0 Å². The van der Waals surface area contributed by atoms with Crippen molar-refractivity contribution in [2.45, 2.75) is 39.8 Å². The highest BCUT2D eigenvalue weighted by Gasteiger charge is 2.28. The van der Waals surface area contributed by atoms with Gasteiger partial charge in [-0.05, 0) is 33.3 Å². The van der Waals surface area contributed by atoms with Gasteiger partial charge in [0.25, 0.3) is 0 Å². The predicted octanol–water partition coefficient (Wildman–Crippen LogP) is 2.16. The molecule has 2 rings (SSSR count). The Hall–Kier alpha value is -0.900. The number of nitrogens with zero attached hydrogens (tertiary/aromatic N) is 2. The molecule has 2 N–H and O–H groups in total. The van der Waals surface area contributed by atoms with E-state index in [-0.39, 0.29) is 5.54 Å². The number of hydrogen-bond acceptors (Lipinski definition) is 3. The lowest BCUT2D eigenvalue weighted by Gasteiger charge is -2.43. The van der Waals surface area contributed by atoms with Gasteiger partial charge in [-0.1, -0.05) is 29.3 Å². The number of hydrogen-bond donors (Lipinski definition) is 1. The van der Waals surface area contributed by atoms with Gasteiger partial charge in [0.2, 0.25) is 0 Å². The Morgan fingerprint density at radius 1 is 1.00 bits per heavy atom. The third-order valence-corrected chi connectivity index (χ3v) is 4.42. The molecule has 20 heavy (non-hydrogen) atoms. The van der Waals surface area contributed by atoms with Crippen molar-refractivity contribution < 1.29 is 0 Å². The molecule has 0 amide bonds. The molecule has 1 aromatic carbocycles. The largest absolute Gasteiger partial charge is 0.329 e. The quantitative estimate of drug-likeness (QED) is 0.914. The summed E-state index contributed by atoms with van der Waals surface area (Å²) in [5.74, 6) is 0. The van der Waals surface area contributed by atoms with Crippen LogP contribution in [0, 0.1) is 13.8 Å². The summed E-state index contributed by atoms with van der Waals surface area (Å²) in [7, 11) is 0. The van der Waals surface area contributed by atoms with Crippen molar-refractivity contribution in [2.75, 3.05) is 32.7 Å². The third kappa shape index (κ3) is 3.81. The number of aryl methyl sites for hydroxylation is 2. The first-order valence-corrected chi connectivity index (χ1v) is 7.65. The number of benzene rings is 1. The minimum absolute atomic E-state index is 0.131. The van der Waals surface area contributed by atoms with Gasteiger partial charge >= 0.3 is 0 Å². The van der Waals surface area contributed by atoms with Crippen molar-refractivity contribution >= 4 is 0 Å². The second-order valence-corrected chi connectivity index (χ2v) is 6.78. The van der Waals surface area contributed by atoms with Crippen molar-refractivity contribution in [3.8, 4) is 0 Å². The van der Waals surface area contributed by atoms with E-state index in [1.807, 2.05) is 0 Å². The highest BCUT2D eigenvalue weighted by molar-refractivity contribution is 5.28. The van der Waals surface area contributed by atoms with E-state index in [0.717, 1.165) is 39.3 Å². The molecule has 0 aromatic heterocycles. The van der Waals surface area contributed by atoms with E-state index in [2.05, 4.69) is 55.7 Å². The maximum absolute atomic E-state index is 5.87. The molecule has 1 fully saturated rings. The van der Waals surface area contributed by atoms with Crippen LogP contribution in [0.15, 0.2) is 18.2 Å². The molecule has 0 radical (unpaired) electrons. The average molecular weight is 275 g/mol. The van der Waals surface area contributed by atoms with Crippen molar-refractivity contribution in [1.82, 2.24) is 9.80 Å². The number of rotatable bonds is 4. The first kappa shape index (κ1) is 15.5. The number of piperazine rings is 1. The molecule has 0 bridgehead atoms. The van der Waals surface area contributed by atoms with Crippen LogP contribution in [0.3, 0.4) is 0 Å². The maximum Gasteiger partial charge on any atom is 0.0276 e. The topological polar surface area (TPSA) is 32.5 Å². The van der Waals surface area contributed by atoms with Crippen molar-refractivity contribution in [3.05, 3.63) is 34.9 Å². The Balaban J connectivity index is 1.91. The minimum Gasteiger partial charge on any atom is -0.329 e. The Bertz CT molecular complexity index is 425. The summed E-state index contributed by atoms with van der Waals surface area (Å²) >= 11 is 0. The molecule has 1 aromatic rings. The molecular formula is C17H29N3. The lowest BCUT2D eigenvalue weighted by molar-refractivity contribution is 0.0538. The average Bonchev–Trinajstić information content (AvgIpc) is 2.38. The standard InChI is InChI=1S/C17H29N3/c1-14-9-15(2)11-16(10-14)12-19-5-7-20(8-6-19)17(3,4)13-18/h9-11H,5-8,12-13,18H2,1-4H3.